The molecule has 0 spiro atoms. The van der Waals surface area contributed by atoms with E-state index in [9.17, 15) is 4.79 Å². The first-order valence-electron chi connectivity index (χ1n) is 11.7. The van der Waals surface area contributed by atoms with Gasteiger partial charge in [0.1, 0.15) is 17.3 Å². The molecule has 34 heavy (non-hydrogen) atoms. The summed E-state index contributed by atoms with van der Waals surface area (Å²) in [5.74, 6) is 2.22. The van der Waals surface area contributed by atoms with Gasteiger partial charge < -0.3 is 30.3 Å². The molecule has 0 unspecified atom stereocenters. The van der Waals surface area contributed by atoms with Gasteiger partial charge >= 0.3 is 0 Å². The van der Waals surface area contributed by atoms with Crippen LogP contribution in [0.5, 0.6) is 11.5 Å². The van der Waals surface area contributed by atoms with Crippen LogP contribution in [0, 0.1) is 0 Å². The second-order valence-electron chi connectivity index (χ2n) is 7.92. The van der Waals surface area contributed by atoms with Gasteiger partial charge in [-0.25, -0.2) is 0 Å². The number of rotatable bonds is 5. The number of para-hydroxylation sites is 4. The summed E-state index contributed by atoms with van der Waals surface area (Å²) < 4.78 is 10.7. The second kappa shape index (κ2) is 16.5. The van der Waals surface area contributed by atoms with Gasteiger partial charge in [-0.2, -0.15) is 0 Å². The zero-order valence-corrected chi connectivity index (χ0v) is 22.4. The molecule has 0 aromatic heterocycles. The molecule has 0 atom stereocenters. The van der Waals surface area contributed by atoms with Gasteiger partial charge in [-0.1, -0.05) is 24.3 Å². The Bertz CT molecular complexity index is 834. The monoisotopic (exact) mass is 562 g/mol. The molecule has 0 bridgehead atoms. The van der Waals surface area contributed by atoms with Gasteiger partial charge in [0.2, 0.25) is 0 Å². The number of nitrogens with zero attached hydrogens (tertiary/aromatic N) is 2. The fraction of sp³-hybridized carbons (Fsp3) is 0.500. The molecule has 0 saturated carbocycles. The van der Waals surface area contributed by atoms with Gasteiger partial charge in [-0.3, -0.25) is 4.79 Å². The van der Waals surface area contributed by atoms with Crippen LogP contribution in [-0.2, 0) is 25.2 Å². The van der Waals surface area contributed by atoms with Gasteiger partial charge in [0.25, 0.3) is 0 Å². The van der Waals surface area contributed by atoms with Crippen molar-refractivity contribution < 1.29 is 34.7 Å². The fourth-order valence-corrected chi connectivity index (χ4v) is 4.19. The first kappa shape index (κ1) is 29.9. The molecule has 4 rings (SSSR count). The Morgan fingerprint density at radius 3 is 1.62 bits per heavy atom. The van der Waals surface area contributed by atoms with E-state index < -0.39 is 0 Å². The number of Topliss-reactive ketones (excluding diaryl/α,β-unsaturated/α-hetero) is 1. The Hall–Kier alpha value is -2.11. The molecule has 8 heteroatoms. The number of anilines is 2. The molecule has 0 amide bonds. The summed E-state index contributed by atoms with van der Waals surface area (Å²) in [6, 6.07) is 16.9. The van der Waals surface area contributed by atoms with E-state index in [-0.39, 0.29) is 20.4 Å². The van der Waals surface area contributed by atoms with Crippen molar-refractivity contribution in [3.8, 4) is 11.5 Å². The molecule has 0 aliphatic carbocycles. The van der Waals surface area contributed by atoms with Gasteiger partial charge in [-0.15, -0.1) is 0 Å². The number of benzene rings is 2. The number of nitrogens with one attached hydrogen (secondary N) is 1. The summed E-state index contributed by atoms with van der Waals surface area (Å²) in [4.78, 5) is 15.8. The van der Waals surface area contributed by atoms with Crippen molar-refractivity contribution in [2.75, 3.05) is 64.3 Å². The Labute approximate surface area is 218 Å². The standard InChI is InChI=1S/C13H20N2O.C12H15NO2.CH5N.Pd/c1-14-11-7-9-15(10-8-11)12-5-3-4-6-13(12)16-2;1-15-12-5-3-2-4-11(12)13-8-6-10(14)7-9-13;1-2;/h3-6,11,14H,7-10H2,1-2H3;2-5H,6-9H2,1H3;2H2,1H3;. The zero-order valence-electron chi connectivity index (χ0n) is 20.9. The molecule has 2 fully saturated rings. The number of ketones is 1. The minimum atomic E-state index is 0. The van der Waals surface area contributed by atoms with Crippen molar-refractivity contribution in [2.45, 2.75) is 31.7 Å². The summed E-state index contributed by atoms with van der Waals surface area (Å²) >= 11 is 0. The maximum Gasteiger partial charge on any atom is 0.142 e. The van der Waals surface area contributed by atoms with E-state index in [0.717, 1.165) is 43.4 Å². The van der Waals surface area contributed by atoms with Crippen molar-refractivity contribution in [3.63, 3.8) is 0 Å². The number of hydrogen-bond acceptors (Lipinski definition) is 7. The quantitative estimate of drug-likeness (QED) is 0.541. The van der Waals surface area contributed by atoms with Crippen LogP contribution in [0.4, 0.5) is 11.4 Å². The molecule has 0 radical (unpaired) electrons. The zero-order chi connectivity index (χ0) is 24.1. The molecule has 2 heterocycles. The van der Waals surface area contributed by atoms with Crippen molar-refractivity contribution in [1.29, 1.82) is 0 Å². The number of piperidine rings is 2. The molecule has 7 nitrogen and oxygen atoms in total. The van der Waals surface area contributed by atoms with Crippen LogP contribution < -0.4 is 30.3 Å². The van der Waals surface area contributed by atoms with Crippen LogP contribution in [0.15, 0.2) is 48.5 Å². The van der Waals surface area contributed by atoms with Crippen molar-refractivity contribution in [2.24, 2.45) is 5.73 Å². The summed E-state index contributed by atoms with van der Waals surface area (Å²) in [6.07, 6.45) is 3.71. The normalized spacial score (nSPS) is 15.7. The average Bonchev–Trinajstić information content (AvgIpc) is 2.90. The first-order chi connectivity index (χ1) is 16.2. The van der Waals surface area contributed by atoms with E-state index in [4.69, 9.17) is 9.47 Å². The smallest absolute Gasteiger partial charge is 0.142 e. The number of methoxy groups -OCH3 is 2. The third-order valence-electron chi connectivity index (χ3n) is 6.08. The predicted molar refractivity (Wildman–Crippen MR) is 137 cm³/mol. The van der Waals surface area contributed by atoms with Gasteiger partial charge in [0.05, 0.1) is 25.6 Å². The summed E-state index contributed by atoms with van der Waals surface area (Å²) in [5, 5.41) is 3.35. The Morgan fingerprint density at radius 1 is 0.794 bits per heavy atom. The fourth-order valence-electron chi connectivity index (χ4n) is 4.19. The summed E-state index contributed by atoms with van der Waals surface area (Å²) in [6.45, 7) is 3.82. The van der Waals surface area contributed by atoms with E-state index in [1.807, 2.05) is 43.4 Å². The maximum absolute atomic E-state index is 11.1. The topological polar surface area (TPSA) is 80.1 Å². The summed E-state index contributed by atoms with van der Waals surface area (Å²) in [7, 11) is 6.95. The number of nitrogens with two attached hydrogens (primary N) is 1. The third kappa shape index (κ3) is 8.59. The van der Waals surface area contributed by atoms with Crippen LogP contribution >= 0.6 is 0 Å². The largest absolute Gasteiger partial charge is 0.495 e. The molecule has 2 aliphatic heterocycles. The molecule has 2 saturated heterocycles. The van der Waals surface area contributed by atoms with Crippen LogP contribution in [0.1, 0.15) is 25.7 Å². The Morgan fingerprint density at radius 2 is 1.21 bits per heavy atom. The predicted octanol–water partition coefficient (Wildman–Crippen LogP) is 3.32. The van der Waals surface area contributed by atoms with Crippen molar-refractivity contribution in [3.05, 3.63) is 48.5 Å². The van der Waals surface area contributed by atoms with Crippen molar-refractivity contribution >= 4 is 17.2 Å². The maximum atomic E-state index is 11.1. The van der Waals surface area contributed by atoms with E-state index in [2.05, 4.69) is 33.0 Å². The molecular formula is C26H40N4O3Pd. The minimum Gasteiger partial charge on any atom is -0.495 e. The van der Waals surface area contributed by atoms with Crippen LogP contribution in [0.2, 0.25) is 0 Å². The molecule has 192 valence electrons. The minimum absolute atomic E-state index is 0. The number of hydrogen-bond donors (Lipinski definition) is 2. The van der Waals surface area contributed by atoms with Crippen LogP contribution in [0.25, 0.3) is 0 Å². The van der Waals surface area contributed by atoms with Gasteiger partial charge in [0.15, 0.2) is 0 Å². The number of ether oxygens (including phenoxy) is 2. The van der Waals surface area contributed by atoms with Gasteiger partial charge in [-0.05, 0) is 51.2 Å². The van der Waals surface area contributed by atoms with Gasteiger partial charge in [0, 0.05) is 65.5 Å². The van der Waals surface area contributed by atoms with Crippen LogP contribution in [0.3, 0.4) is 0 Å². The molecule has 2 aromatic carbocycles. The Balaban J connectivity index is 0.000000309. The van der Waals surface area contributed by atoms with E-state index in [0.29, 0.717) is 24.7 Å². The Kier molecular flexibility index (Phi) is 14.5. The molecule has 3 N–H and O–H groups in total. The summed E-state index contributed by atoms with van der Waals surface area (Å²) in [5.41, 5.74) is 6.81. The average molecular weight is 563 g/mol. The molecule has 2 aliphatic rings. The molecular weight excluding hydrogens is 523 g/mol. The van der Waals surface area contributed by atoms with E-state index >= 15 is 0 Å². The number of carbonyl (C=O) groups is 1. The number of carbonyl (C=O) groups excluding carboxylic acids is 1. The molecule has 2 aromatic rings. The SMILES string of the molecule is CN.CNC1CCN(c2ccccc2OC)CC1.COc1ccccc1N1CCC(=O)CC1.[Pd]. The second-order valence-corrected chi connectivity index (χ2v) is 7.92. The van der Waals surface area contributed by atoms with E-state index in [1.54, 1.807) is 14.2 Å². The van der Waals surface area contributed by atoms with E-state index in [1.165, 1.54) is 25.6 Å². The third-order valence-corrected chi connectivity index (χ3v) is 6.08. The van der Waals surface area contributed by atoms with Crippen molar-refractivity contribution in [1.82, 2.24) is 5.32 Å². The first-order valence-corrected chi connectivity index (χ1v) is 11.7. The van der Waals surface area contributed by atoms with Crippen LogP contribution in [-0.4, -0.2) is 66.3 Å².